The van der Waals surface area contributed by atoms with Crippen LogP contribution in [0.5, 0.6) is 0 Å². The summed E-state index contributed by atoms with van der Waals surface area (Å²) in [5, 5.41) is 5.91. The van der Waals surface area contributed by atoms with Gasteiger partial charge in [-0.2, -0.15) is 0 Å². The van der Waals surface area contributed by atoms with E-state index in [-0.39, 0.29) is 36.0 Å². The van der Waals surface area contributed by atoms with Crippen LogP contribution >= 0.6 is 0 Å². The lowest BCUT2D eigenvalue weighted by Gasteiger charge is -2.22. The highest BCUT2D eigenvalue weighted by Gasteiger charge is 2.20. The van der Waals surface area contributed by atoms with E-state index in [1.165, 1.54) is 22.6 Å². The van der Waals surface area contributed by atoms with Crippen LogP contribution in [0.1, 0.15) is 86.3 Å². The summed E-state index contributed by atoms with van der Waals surface area (Å²) in [5.41, 5.74) is 1.89. The molecule has 1 aromatic carbocycles. The summed E-state index contributed by atoms with van der Waals surface area (Å²) in [5.74, 6) is -0.175. The number of carbonyl (C=O) groups is 2. The predicted molar refractivity (Wildman–Crippen MR) is 122 cm³/mol. The molecule has 2 amide bonds. The van der Waals surface area contributed by atoms with Gasteiger partial charge in [-0.05, 0) is 48.9 Å². The molecule has 0 unspecified atom stereocenters. The lowest BCUT2D eigenvalue weighted by Crippen LogP contribution is -2.41. The van der Waals surface area contributed by atoms with Crippen molar-refractivity contribution in [2.75, 3.05) is 0 Å². The molecule has 0 bridgehead atoms. The van der Waals surface area contributed by atoms with Crippen molar-refractivity contribution in [2.24, 2.45) is 0 Å². The monoisotopic (exact) mass is 423 g/mol. The SMILES string of the molecule is CC(C)c1ccc([C@H](C)NC(=O)Cn2cccc(C(=O)NC3CCCCC3)c2=O)cc1. The van der Waals surface area contributed by atoms with E-state index in [9.17, 15) is 14.4 Å². The average molecular weight is 424 g/mol. The van der Waals surface area contributed by atoms with E-state index in [0.717, 1.165) is 31.2 Å². The van der Waals surface area contributed by atoms with Crippen molar-refractivity contribution in [3.05, 3.63) is 69.6 Å². The van der Waals surface area contributed by atoms with Crippen LogP contribution < -0.4 is 16.2 Å². The van der Waals surface area contributed by atoms with Crippen LogP contribution in [0.15, 0.2) is 47.4 Å². The van der Waals surface area contributed by atoms with Crippen molar-refractivity contribution in [1.82, 2.24) is 15.2 Å². The molecule has 0 spiro atoms. The molecule has 0 aliphatic heterocycles. The number of nitrogens with zero attached hydrogens (tertiary/aromatic N) is 1. The Morgan fingerprint density at radius 1 is 1.00 bits per heavy atom. The number of amides is 2. The molecule has 2 aromatic rings. The maximum Gasteiger partial charge on any atom is 0.263 e. The van der Waals surface area contributed by atoms with Crippen molar-refractivity contribution >= 4 is 11.8 Å². The summed E-state index contributed by atoms with van der Waals surface area (Å²) < 4.78 is 1.29. The van der Waals surface area contributed by atoms with Gasteiger partial charge in [-0.25, -0.2) is 0 Å². The van der Waals surface area contributed by atoms with E-state index < -0.39 is 5.56 Å². The topological polar surface area (TPSA) is 80.2 Å². The molecule has 6 heteroatoms. The van der Waals surface area contributed by atoms with Crippen molar-refractivity contribution < 1.29 is 9.59 Å². The van der Waals surface area contributed by atoms with Crippen molar-refractivity contribution in [2.45, 2.75) is 77.4 Å². The van der Waals surface area contributed by atoms with E-state index >= 15 is 0 Å². The lowest BCUT2D eigenvalue weighted by atomic mass is 9.95. The normalized spacial score (nSPS) is 15.5. The van der Waals surface area contributed by atoms with E-state index in [4.69, 9.17) is 0 Å². The fourth-order valence-corrected chi connectivity index (χ4v) is 4.04. The second-order valence-corrected chi connectivity index (χ2v) is 8.77. The second-order valence-electron chi connectivity index (χ2n) is 8.77. The zero-order valence-corrected chi connectivity index (χ0v) is 18.7. The third kappa shape index (κ3) is 6.06. The third-order valence-electron chi connectivity index (χ3n) is 6.00. The van der Waals surface area contributed by atoms with Gasteiger partial charge in [0.2, 0.25) is 5.91 Å². The van der Waals surface area contributed by atoms with Gasteiger partial charge in [0.05, 0.1) is 6.04 Å². The highest BCUT2D eigenvalue weighted by Crippen LogP contribution is 2.19. The molecule has 166 valence electrons. The number of hydrogen-bond acceptors (Lipinski definition) is 3. The van der Waals surface area contributed by atoms with Gasteiger partial charge in [0.25, 0.3) is 11.5 Å². The van der Waals surface area contributed by atoms with Crippen molar-refractivity contribution in [1.29, 1.82) is 0 Å². The molecule has 1 heterocycles. The summed E-state index contributed by atoms with van der Waals surface area (Å²) in [4.78, 5) is 37.9. The minimum atomic E-state index is -0.445. The fourth-order valence-electron chi connectivity index (χ4n) is 4.04. The van der Waals surface area contributed by atoms with Gasteiger partial charge in [0, 0.05) is 12.2 Å². The maximum atomic E-state index is 12.8. The highest BCUT2D eigenvalue weighted by molar-refractivity contribution is 5.94. The summed E-state index contributed by atoms with van der Waals surface area (Å²) in [6, 6.07) is 11.3. The van der Waals surface area contributed by atoms with Crippen LogP contribution in [0.4, 0.5) is 0 Å². The fraction of sp³-hybridized carbons (Fsp3) is 0.480. The minimum absolute atomic E-state index is 0.0817. The van der Waals surface area contributed by atoms with Gasteiger partial charge >= 0.3 is 0 Å². The van der Waals surface area contributed by atoms with Crippen molar-refractivity contribution in [3.63, 3.8) is 0 Å². The first-order valence-electron chi connectivity index (χ1n) is 11.2. The van der Waals surface area contributed by atoms with Crippen LogP contribution in [-0.4, -0.2) is 22.4 Å². The average Bonchev–Trinajstić information content (AvgIpc) is 2.75. The smallest absolute Gasteiger partial charge is 0.263 e. The van der Waals surface area contributed by atoms with Crippen LogP contribution in [0.3, 0.4) is 0 Å². The Labute approximate surface area is 184 Å². The summed E-state index contributed by atoms with van der Waals surface area (Å²) in [7, 11) is 0. The summed E-state index contributed by atoms with van der Waals surface area (Å²) in [6.07, 6.45) is 6.84. The van der Waals surface area contributed by atoms with Gasteiger partial charge < -0.3 is 15.2 Å². The number of hydrogen-bond donors (Lipinski definition) is 2. The molecule has 31 heavy (non-hydrogen) atoms. The molecule has 1 aromatic heterocycles. The van der Waals surface area contributed by atoms with Gasteiger partial charge in [-0.3, -0.25) is 14.4 Å². The first-order valence-corrected chi connectivity index (χ1v) is 11.2. The first-order chi connectivity index (χ1) is 14.8. The van der Waals surface area contributed by atoms with E-state index in [1.54, 1.807) is 12.3 Å². The Balaban J connectivity index is 1.62. The Morgan fingerprint density at radius 2 is 1.65 bits per heavy atom. The zero-order valence-electron chi connectivity index (χ0n) is 18.7. The number of aromatic nitrogens is 1. The van der Waals surface area contributed by atoms with E-state index in [1.807, 2.05) is 19.1 Å². The largest absolute Gasteiger partial charge is 0.349 e. The Kier molecular flexibility index (Phi) is 7.66. The molecule has 1 saturated carbocycles. The number of rotatable bonds is 7. The van der Waals surface area contributed by atoms with Gasteiger partial charge in [0.1, 0.15) is 12.1 Å². The third-order valence-corrected chi connectivity index (χ3v) is 6.00. The zero-order chi connectivity index (χ0) is 22.4. The summed E-state index contributed by atoms with van der Waals surface area (Å²) in [6.45, 7) is 6.07. The number of carbonyl (C=O) groups excluding carboxylic acids is 2. The molecule has 1 aliphatic rings. The Morgan fingerprint density at radius 3 is 2.29 bits per heavy atom. The van der Waals surface area contributed by atoms with Crippen molar-refractivity contribution in [3.8, 4) is 0 Å². The standard InChI is InChI=1S/C25H33N3O3/c1-17(2)19-11-13-20(14-12-19)18(3)26-23(29)16-28-15-7-10-22(25(28)31)24(30)27-21-8-5-4-6-9-21/h7,10-15,17-18,21H,4-6,8-9,16H2,1-3H3,(H,26,29)(H,27,30)/t18-/m0/s1. The van der Waals surface area contributed by atoms with Gasteiger partial charge in [-0.1, -0.05) is 57.4 Å². The second kappa shape index (κ2) is 10.4. The first kappa shape index (κ1) is 22.8. The number of nitrogens with one attached hydrogen (secondary N) is 2. The highest BCUT2D eigenvalue weighted by atomic mass is 16.2. The van der Waals surface area contributed by atoms with Crippen LogP contribution in [0.2, 0.25) is 0 Å². The minimum Gasteiger partial charge on any atom is -0.349 e. The maximum absolute atomic E-state index is 12.8. The molecule has 1 aliphatic carbocycles. The van der Waals surface area contributed by atoms with Crippen LogP contribution in [-0.2, 0) is 11.3 Å². The number of benzene rings is 1. The lowest BCUT2D eigenvalue weighted by molar-refractivity contribution is -0.122. The molecule has 1 atom stereocenters. The predicted octanol–water partition coefficient (Wildman–Crippen LogP) is 3.91. The van der Waals surface area contributed by atoms with Crippen LogP contribution in [0.25, 0.3) is 0 Å². The van der Waals surface area contributed by atoms with E-state index in [2.05, 4.69) is 36.6 Å². The molecule has 0 radical (unpaired) electrons. The molecular formula is C25H33N3O3. The van der Waals surface area contributed by atoms with Crippen LogP contribution in [0, 0.1) is 0 Å². The Hall–Kier alpha value is -2.89. The Bertz CT molecular complexity index is 957. The van der Waals surface area contributed by atoms with Gasteiger partial charge in [0.15, 0.2) is 0 Å². The molecule has 6 nitrogen and oxygen atoms in total. The molecule has 2 N–H and O–H groups in total. The summed E-state index contributed by atoms with van der Waals surface area (Å²) >= 11 is 0. The molecule has 0 saturated heterocycles. The molecular weight excluding hydrogens is 390 g/mol. The molecule has 1 fully saturated rings. The van der Waals surface area contributed by atoms with Gasteiger partial charge in [-0.15, -0.1) is 0 Å². The van der Waals surface area contributed by atoms with E-state index in [0.29, 0.717) is 5.92 Å². The number of pyridine rings is 1. The molecule has 3 rings (SSSR count). The quantitative estimate of drug-likeness (QED) is 0.709.